The first-order valence-corrected chi connectivity index (χ1v) is 18.3. The van der Waals surface area contributed by atoms with Gasteiger partial charge in [-0.3, -0.25) is 14.4 Å². The van der Waals surface area contributed by atoms with Crippen LogP contribution in [0, 0.1) is 0 Å². The summed E-state index contributed by atoms with van der Waals surface area (Å²) in [5, 5.41) is 11.6. The van der Waals surface area contributed by atoms with E-state index < -0.39 is 5.97 Å². The number of carbonyl (C=O) groups excluding carboxylic acids is 2. The van der Waals surface area contributed by atoms with Crippen molar-refractivity contribution in [1.29, 1.82) is 0 Å². The molecule has 314 valence electrons. The number of ether oxygens (including phenoxy) is 12. The summed E-state index contributed by atoms with van der Waals surface area (Å²) in [4.78, 5) is 36.6. The minimum absolute atomic E-state index is 0.0226. The van der Waals surface area contributed by atoms with E-state index in [1.165, 1.54) is 4.90 Å². The summed E-state index contributed by atoms with van der Waals surface area (Å²) in [5.41, 5.74) is 5.40. The highest BCUT2D eigenvalue weighted by Crippen LogP contribution is 1.99. The molecule has 0 aliphatic carbocycles. The maximum atomic E-state index is 12.5. The van der Waals surface area contributed by atoms with Crippen LogP contribution in [0.2, 0.25) is 0 Å². The van der Waals surface area contributed by atoms with Gasteiger partial charge in [0.1, 0.15) is 0 Å². The van der Waals surface area contributed by atoms with Crippen LogP contribution in [0.1, 0.15) is 19.3 Å². The first-order chi connectivity index (χ1) is 26.0. The van der Waals surface area contributed by atoms with E-state index >= 15 is 0 Å². The Hall–Kier alpha value is -2.11. The molecule has 0 aromatic heterocycles. The van der Waals surface area contributed by atoms with Gasteiger partial charge in [0.15, 0.2) is 0 Å². The van der Waals surface area contributed by atoms with Gasteiger partial charge >= 0.3 is 5.97 Å². The van der Waals surface area contributed by atoms with Crippen LogP contribution in [0.15, 0.2) is 0 Å². The third-order valence-corrected chi connectivity index (χ3v) is 6.60. The first-order valence-electron chi connectivity index (χ1n) is 18.3. The molecule has 2 amide bonds. The van der Waals surface area contributed by atoms with E-state index in [1.807, 2.05) is 0 Å². The maximum Gasteiger partial charge on any atom is 0.305 e. The van der Waals surface area contributed by atoms with Crippen molar-refractivity contribution in [2.75, 3.05) is 185 Å². The highest BCUT2D eigenvalue weighted by Gasteiger charge is 2.18. The number of carbonyl (C=O) groups is 3. The van der Waals surface area contributed by atoms with Crippen molar-refractivity contribution < 1.29 is 76.3 Å². The minimum Gasteiger partial charge on any atom is -0.481 e. The largest absolute Gasteiger partial charge is 0.481 e. The molecule has 0 aliphatic heterocycles. The number of hydrogen-bond donors (Lipinski definition) is 3. The first kappa shape index (κ1) is 50.9. The minimum atomic E-state index is -1.05. The Labute approximate surface area is 314 Å². The van der Waals surface area contributed by atoms with Crippen molar-refractivity contribution in [3.05, 3.63) is 0 Å². The van der Waals surface area contributed by atoms with E-state index in [4.69, 9.17) is 67.7 Å². The average molecular weight is 774 g/mol. The zero-order valence-corrected chi connectivity index (χ0v) is 31.8. The van der Waals surface area contributed by atoms with E-state index in [-0.39, 0.29) is 51.0 Å². The fourth-order valence-corrected chi connectivity index (χ4v) is 3.84. The second-order valence-electron chi connectivity index (χ2n) is 10.9. The van der Waals surface area contributed by atoms with E-state index in [2.05, 4.69) is 5.32 Å². The number of hydrogen-bond acceptors (Lipinski definition) is 16. The number of methoxy groups -OCH3 is 1. The zero-order chi connectivity index (χ0) is 38.7. The van der Waals surface area contributed by atoms with Gasteiger partial charge in [0.2, 0.25) is 11.8 Å². The van der Waals surface area contributed by atoms with Gasteiger partial charge in [-0.05, 0) is 13.0 Å². The van der Waals surface area contributed by atoms with Crippen molar-refractivity contribution in [1.82, 2.24) is 10.2 Å². The van der Waals surface area contributed by atoms with Crippen LogP contribution < -0.4 is 11.1 Å². The van der Waals surface area contributed by atoms with E-state index in [0.29, 0.717) is 158 Å². The number of nitrogens with zero attached hydrogens (tertiary/aromatic N) is 1. The van der Waals surface area contributed by atoms with E-state index in [9.17, 15) is 14.4 Å². The number of nitrogens with one attached hydrogen (secondary N) is 1. The lowest BCUT2D eigenvalue weighted by Gasteiger charge is -2.21. The van der Waals surface area contributed by atoms with Gasteiger partial charge in [-0.25, -0.2) is 0 Å². The number of carboxylic acid groups (broad SMARTS) is 1. The Bertz CT molecular complexity index is 818. The van der Waals surface area contributed by atoms with Crippen LogP contribution in [0.5, 0.6) is 0 Å². The third kappa shape index (κ3) is 40.9. The van der Waals surface area contributed by atoms with E-state index in [0.717, 1.165) is 0 Å². The molecular formula is C34H67N3O16. The van der Waals surface area contributed by atoms with Crippen molar-refractivity contribution in [3.63, 3.8) is 0 Å². The molecule has 0 spiro atoms. The van der Waals surface area contributed by atoms with Gasteiger partial charge in [-0.2, -0.15) is 0 Å². The standard InChI is InChI=1S/C34H67N3O16/c1-42-9-10-44-13-14-46-17-18-48-21-22-50-25-26-52-29-30-53-28-27-51-24-23-49-20-19-47-16-15-45-12-11-43-8-4-33(39)37(7-3-34(40)41)31-32(38)36-6-2-5-35/h2-31,35H2,1H3,(H,36,38)(H,40,41). The van der Waals surface area contributed by atoms with Crippen molar-refractivity contribution in [2.24, 2.45) is 5.73 Å². The molecule has 0 aromatic carbocycles. The predicted molar refractivity (Wildman–Crippen MR) is 191 cm³/mol. The number of rotatable bonds is 44. The summed E-state index contributed by atoms with van der Waals surface area (Å²) in [6.45, 7) is 11.0. The Morgan fingerprint density at radius 1 is 0.509 bits per heavy atom. The summed E-state index contributed by atoms with van der Waals surface area (Å²) in [6, 6.07) is 0. The molecule has 0 unspecified atom stereocenters. The van der Waals surface area contributed by atoms with Gasteiger partial charge in [0.25, 0.3) is 0 Å². The van der Waals surface area contributed by atoms with Gasteiger partial charge in [-0.1, -0.05) is 0 Å². The van der Waals surface area contributed by atoms with Crippen LogP contribution in [-0.2, 0) is 71.2 Å². The summed E-state index contributed by atoms with van der Waals surface area (Å²) in [7, 11) is 1.64. The highest BCUT2D eigenvalue weighted by molar-refractivity contribution is 5.85. The number of carboxylic acids is 1. The second kappa shape index (κ2) is 42.6. The lowest BCUT2D eigenvalue weighted by Crippen LogP contribution is -2.42. The monoisotopic (exact) mass is 773 g/mol. The summed E-state index contributed by atoms with van der Waals surface area (Å²) in [5.74, 6) is -1.77. The zero-order valence-electron chi connectivity index (χ0n) is 31.8. The fraction of sp³-hybridized carbons (Fsp3) is 0.912. The lowest BCUT2D eigenvalue weighted by atomic mass is 10.3. The molecular weight excluding hydrogens is 706 g/mol. The molecule has 0 atom stereocenters. The number of aliphatic carboxylic acids is 1. The van der Waals surface area contributed by atoms with Crippen LogP contribution in [0.25, 0.3) is 0 Å². The van der Waals surface area contributed by atoms with Gasteiger partial charge < -0.3 is 77.9 Å². The maximum absolute atomic E-state index is 12.5. The van der Waals surface area contributed by atoms with Gasteiger partial charge in [-0.15, -0.1) is 0 Å². The Kier molecular flexibility index (Phi) is 40.9. The number of nitrogens with two attached hydrogens (primary N) is 1. The van der Waals surface area contributed by atoms with Crippen molar-refractivity contribution in [3.8, 4) is 0 Å². The van der Waals surface area contributed by atoms with Crippen molar-refractivity contribution >= 4 is 17.8 Å². The van der Waals surface area contributed by atoms with Crippen LogP contribution in [0.4, 0.5) is 0 Å². The summed E-state index contributed by atoms with van der Waals surface area (Å²) in [6.07, 6.45) is 0.381. The molecule has 0 heterocycles. The van der Waals surface area contributed by atoms with Crippen LogP contribution in [0.3, 0.4) is 0 Å². The molecule has 0 aromatic rings. The predicted octanol–water partition coefficient (Wildman–Crippen LogP) is -1.03. The Morgan fingerprint density at radius 2 is 0.830 bits per heavy atom. The molecule has 19 nitrogen and oxygen atoms in total. The quantitative estimate of drug-likeness (QED) is 0.0630. The van der Waals surface area contributed by atoms with E-state index in [1.54, 1.807) is 7.11 Å². The van der Waals surface area contributed by atoms with Crippen LogP contribution >= 0.6 is 0 Å². The summed E-state index contributed by atoms with van der Waals surface area (Å²) >= 11 is 0. The molecule has 0 saturated carbocycles. The topological polar surface area (TPSA) is 223 Å². The molecule has 0 radical (unpaired) electrons. The molecule has 0 bridgehead atoms. The average Bonchev–Trinajstić information content (AvgIpc) is 3.14. The smallest absolute Gasteiger partial charge is 0.305 e. The molecule has 0 saturated heterocycles. The van der Waals surface area contributed by atoms with Gasteiger partial charge in [0, 0.05) is 20.2 Å². The molecule has 0 rings (SSSR count). The Morgan fingerprint density at radius 3 is 1.13 bits per heavy atom. The van der Waals surface area contributed by atoms with Crippen molar-refractivity contribution in [2.45, 2.75) is 19.3 Å². The molecule has 0 fully saturated rings. The molecule has 53 heavy (non-hydrogen) atoms. The van der Waals surface area contributed by atoms with Crippen LogP contribution in [-0.4, -0.2) is 213 Å². The summed E-state index contributed by atoms with van der Waals surface area (Å²) < 4.78 is 64.7. The normalized spacial score (nSPS) is 11.3. The number of amides is 2. The molecule has 0 aliphatic rings. The highest BCUT2D eigenvalue weighted by atomic mass is 16.6. The molecule has 4 N–H and O–H groups in total. The second-order valence-corrected chi connectivity index (χ2v) is 10.9. The third-order valence-electron chi connectivity index (χ3n) is 6.60. The SMILES string of the molecule is COCCOCCOCCOCCOCCOCCOCCOCCOCCOCCOCCOCCC(=O)N(CCC(=O)O)CC(=O)NCCCN. The lowest BCUT2D eigenvalue weighted by molar-refractivity contribution is -0.141. The molecule has 19 heteroatoms. The fourth-order valence-electron chi connectivity index (χ4n) is 3.84. The Balaban J connectivity index is 3.37. The van der Waals surface area contributed by atoms with Gasteiger partial charge in [0.05, 0.1) is 171 Å².